The maximum Gasteiger partial charge on any atom is 0.241 e. The summed E-state index contributed by atoms with van der Waals surface area (Å²) in [5.41, 5.74) is 5.57. The third-order valence-electron chi connectivity index (χ3n) is 3.59. The van der Waals surface area contributed by atoms with E-state index in [-0.39, 0.29) is 6.10 Å². The first-order valence-electron chi connectivity index (χ1n) is 7.09. The second-order valence-electron chi connectivity index (χ2n) is 5.08. The number of morpholine rings is 1. The van der Waals surface area contributed by atoms with Crippen LogP contribution in [0.5, 0.6) is 0 Å². The van der Waals surface area contributed by atoms with Crippen molar-refractivity contribution in [2.45, 2.75) is 31.4 Å². The number of thiophene rings is 1. The Balaban J connectivity index is 1.99. The highest BCUT2D eigenvalue weighted by atomic mass is 32.2. The lowest BCUT2D eigenvalue weighted by Gasteiger charge is -2.32. The number of sulfonamides is 1. The van der Waals surface area contributed by atoms with E-state index in [0.717, 1.165) is 29.4 Å². The Kier molecular flexibility index (Phi) is 5.75. The van der Waals surface area contributed by atoms with E-state index < -0.39 is 10.0 Å². The van der Waals surface area contributed by atoms with Gasteiger partial charge in [-0.2, -0.15) is 0 Å². The molecule has 1 aromatic rings. The highest BCUT2D eigenvalue weighted by Gasteiger charge is 2.24. The molecule has 2 rings (SSSR count). The zero-order valence-electron chi connectivity index (χ0n) is 12.5. The van der Waals surface area contributed by atoms with Gasteiger partial charge in [0.1, 0.15) is 0 Å². The molecule has 1 saturated heterocycles. The van der Waals surface area contributed by atoms with Crippen LogP contribution >= 0.6 is 11.3 Å². The van der Waals surface area contributed by atoms with Gasteiger partial charge in [0.15, 0.2) is 0 Å². The first-order chi connectivity index (χ1) is 9.96. The highest BCUT2D eigenvalue weighted by Crippen LogP contribution is 2.25. The van der Waals surface area contributed by atoms with E-state index in [4.69, 9.17) is 10.5 Å². The van der Waals surface area contributed by atoms with Gasteiger partial charge in [0.25, 0.3) is 0 Å². The van der Waals surface area contributed by atoms with Gasteiger partial charge < -0.3 is 10.5 Å². The number of nitrogens with two attached hydrogens (primary N) is 1. The van der Waals surface area contributed by atoms with Gasteiger partial charge in [-0.3, -0.25) is 4.90 Å². The van der Waals surface area contributed by atoms with Crippen molar-refractivity contribution in [3.05, 3.63) is 15.8 Å². The average Bonchev–Trinajstić information content (AvgIpc) is 2.87. The average molecular weight is 333 g/mol. The van der Waals surface area contributed by atoms with Crippen LogP contribution in [-0.4, -0.2) is 52.2 Å². The molecule has 0 aliphatic carbocycles. The molecule has 0 spiro atoms. The number of aryl methyl sites for hydroxylation is 1. The summed E-state index contributed by atoms with van der Waals surface area (Å²) in [7, 11) is -3.50. The van der Waals surface area contributed by atoms with Crippen molar-refractivity contribution in [2.75, 3.05) is 32.8 Å². The van der Waals surface area contributed by atoms with Crippen molar-refractivity contribution in [1.82, 2.24) is 9.62 Å². The van der Waals surface area contributed by atoms with E-state index >= 15 is 0 Å². The van der Waals surface area contributed by atoms with E-state index in [1.165, 1.54) is 11.3 Å². The fourth-order valence-corrected chi connectivity index (χ4v) is 4.94. The van der Waals surface area contributed by atoms with Crippen LogP contribution in [-0.2, 0) is 21.3 Å². The van der Waals surface area contributed by atoms with Gasteiger partial charge in [-0.25, -0.2) is 13.1 Å². The van der Waals surface area contributed by atoms with E-state index in [1.54, 1.807) is 13.0 Å². The number of ether oxygens (including phenoxy) is 1. The summed E-state index contributed by atoms with van der Waals surface area (Å²) < 4.78 is 33.0. The van der Waals surface area contributed by atoms with Gasteiger partial charge in [0, 0.05) is 35.9 Å². The number of nitrogens with one attached hydrogen (secondary N) is 1. The summed E-state index contributed by atoms with van der Waals surface area (Å²) in [5.74, 6) is 0. The molecule has 0 aromatic carbocycles. The molecular formula is C13H23N3O3S2. The van der Waals surface area contributed by atoms with Crippen LogP contribution in [0.3, 0.4) is 0 Å². The van der Waals surface area contributed by atoms with Crippen molar-refractivity contribution in [1.29, 1.82) is 0 Å². The Hall–Kier alpha value is -0.510. The summed E-state index contributed by atoms with van der Waals surface area (Å²) in [6.45, 7) is 7.82. The molecule has 1 fully saturated rings. The minimum Gasteiger partial charge on any atom is -0.374 e. The van der Waals surface area contributed by atoms with Gasteiger partial charge in [-0.15, -0.1) is 11.3 Å². The smallest absolute Gasteiger partial charge is 0.241 e. The van der Waals surface area contributed by atoms with Crippen LogP contribution in [0.15, 0.2) is 11.0 Å². The predicted octanol–water partition coefficient (Wildman–Crippen LogP) is 0.514. The summed E-state index contributed by atoms with van der Waals surface area (Å²) >= 11 is 1.42. The molecule has 120 valence electrons. The topological polar surface area (TPSA) is 84.7 Å². The lowest BCUT2D eigenvalue weighted by molar-refractivity contribution is -0.0229. The first kappa shape index (κ1) is 16.9. The maximum absolute atomic E-state index is 12.4. The molecule has 2 heterocycles. The quantitative estimate of drug-likeness (QED) is 0.792. The Morgan fingerprint density at radius 1 is 1.57 bits per heavy atom. The van der Waals surface area contributed by atoms with Crippen molar-refractivity contribution in [3.63, 3.8) is 0 Å². The third-order valence-corrected chi connectivity index (χ3v) is 6.34. The Morgan fingerprint density at radius 2 is 2.33 bits per heavy atom. The van der Waals surface area contributed by atoms with E-state index in [1.807, 2.05) is 0 Å². The molecule has 3 N–H and O–H groups in total. The molecule has 1 unspecified atom stereocenters. The van der Waals surface area contributed by atoms with E-state index in [2.05, 4.69) is 16.5 Å². The number of nitrogens with zero attached hydrogens (tertiary/aromatic N) is 1. The normalized spacial score (nSPS) is 20.8. The summed E-state index contributed by atoms with van der Waals surface area (Å²) in [6.07, 6.45) is -0.0959. The molecule has 1 aromatic heterocycles. The maximum atomic E-state index is 12.4. The van der Waals surface area contributed by atoms with Gasteiger partial charge in [0.2, 0.25) is 10.0 Å². The molecule has 21 heavy (non-hydrogen) atoms. The lowest BCUT2D eigenvalue weighted by Crippen LogP contribution is -2.47. The minimum absolute atomic E-state index is 0.0959. The predicted molar refractivity (Wildman–Crippen MR) is 84.0 cm³/mol. The Bertz CT molecular complexity index is 571. The van der Waals surface area contributed by atoms with Crippen molar-refractivity contribution in [3.8, 4) is 0 Å². The van der Waals surface area contributed by atoms with Gasteiger partial charge >= 0.3 is 0 Å². The number of hydrogen-bond acceptors (Lipinski definition) is 6. The molecule has 0 amide bonds. The summed E-state index contributed by atoms with van der Waals surface area (Å²) in [4.78, 5) is 4.22. The minimum atomic E-state index is -3.50. The molecule has 6 nitrogen and oxygen atoms in total. The van der Waals surface area contributed by atoms with E-state index in [9.17, 15) is 8.42 Å². The van der Waals surface area contributed by atoms with Crippen LogP contribution in [0.2, 0.25) is 0 Å². The molecule has 0 saturated carbocycles. The monoisotopic (exact) mass is 333 g/mol. The SMILES string of the molecule is CCN1CCOC(CNS(=O)(=O)c2cc(CN)sc2C)C1. The third kappa shape index (κ3) is 4.24. The van der Waals surface area contributed by atoms with Crippen LogP contribution in [0.1, 0.15) is 16.7 Å². The van der Waals surface area contributed by atoms with Crippen LogP contribution in [0.4, 0.5) is 0 Å². The molecule has 1 atom stereocenters. The zero-order valence-corrected chi connectivity index (χ0v) is 14.1. The Labute approximate surface area is 130 Å². The molecule has 8 heteroatoms. The number of likely N-dealkylation sites (N-methyl/N-ethyl adjacent to an activating group) is 1. The molecule has 0 radical (unpaired) electrons. The van der Waals surface area contributed by atoms with Gasteiger partial charge in [0.05, 0.1) is 17.6 Å². The molecule has 0 bridgehead atoms. The fourth-order valence-electron chi connectivity index (χ4n) is 2.36. The van der Waals surface area contributed by atoms with Crippen molar-refractivity contribution in [2.24, 2.45) is 5.73 Å². The Morgan fingerprint density at radius 3 is 2.95 bits per heavy atom. The second kappa shape index (κ2) is 7.17. The summed E-state index contributed by atoms with van der Waals surface area (Å²) in [6, 6.07) is 1.66. The standard InChI is InChI=1S/C13H23N3O3S2/c1-3-16-4-5-19-11(9-16)8-15-21(17,18)13-6-12(7-14)20-10(13)2/h6,11,15H,3-5,7-9,14H2,1-2H3. The molecule has 1 aliphatic heterocycles. The largest absolute Gasteiger partial charge is 0.374 e. The van der Waals surface area contributed by atoms with Crippen molar-refractivity contribution >= 4 is 21.4 Å². The fraction of sp³-hybridized carbons (Fsp3) is 0.692. The summed E-state index contributed by atoms with van der Waals surface area (Å²) in [5, 5.41) is 0. The van der Waals surface area contributed by atoms with Crippen LogP contribution in [0, 0.1) is 6.92 Å². The molecular weight excluding hydrogens is 310 g/mol. The second-order valence-corrected chi connectivity index (χ2v) is 8.15. The number of hydrogen-bond donors (Lipinski definition) is 2. The zero-order chi connectivity index (χ0) is 15.5. The van der Waals surface area contributed by atoms with Gasteiger partial charge in [-0.05, 0) is 19.5 Å². The van der Waals surface area contributed by atoms with Crippen LogP contribution < -0.4 is 10.5 Å². The lowest BCUT2D eigenvalue weighted by atomic mass is 10.3. The first-order valence-corrected chi connectivity index (χ1v) is 9.39. The highest BCUT2D eigenvalue weighted by molar-refractivity contribution is 7.89. The molecule has 1 aliphatic rings. The van der Waals surface area contributed by atoms with E-state index in [0.29, 0.717) is 24.6 Å². The number of rotatable bonds is 6. The van der Waals surface area contributed by atoms with Crippen LogP contribution in [0.25, 0.3) is 0 Å². The van der Waals surface area contributed by atoms with Crippen molar-refractivity contribution < 1.29 is 13.2 Å². The van der Waals surface area contributed by atoms with Gasteiger partial charge in [-0.1, -0.05) is 6.92 Å².